The fourth-order valence-electron chi connectivity index (χ4n) is 1.69. The van der Waals surface area contributed by atoms with E-state index in [9.17, 15) is 8.42 Å². The SMILES string of the molecule is CCC(C)CN(CC)S(=O)(=O)c1ccc(N)c(Br)c1. The van der Waals surface area contributed by atoms with Gasteiger partial charge in [-0.2, -0.15) is 4.31 Å². The summed E-state index contributed by atoms with van der Waals surface area (Å²) in [6, 6.07) is 4.71. The molecule has 0 aromatic heterocycles. The number of anilines is 1. The molecule has 0 saturated carbocycles. The second kappa shape index (κ2) is 6.72. The monoisotopic (exact) mass is 348 g/mol. The van der Waals surface area contributed by atoms with Crippen molar-refractivity contribution >= 4 is 31.6 Å². The largest absolute Gasteiger partial charge is 0.398 e. The van der Waals surface area contributed by atoms with Gasteiger partial charge in [0.1, 0.15) is 0 Å². The van der Waals surface area contributed by atoms with Gasteiger partial charge in [-0.25, -0.2) is 8.42 Å². The van der Waals surface area contributed by atoms with Crippen LogP contribution in [0.1, 0.15) is 27.2 Å². The lowest BCUT2D eigenvalue weighted by molar-refractivity contribution is 0.361. The van der Waals surface area contributed by atoms with E-state index in [0.717, 1.165) is 6.42 Å². The second-order valence-electron chi connectivity index (χ2n) is 4.65. The van der Waals surface area contributed by atoms with Crippen LogP contribution in [0.5, 0.6) is 0 Å². The average Bonchev–Trinajstić information content (AvgIpc) is 2.38. The molecular weight excluding hydrogens is 328 g/mol. The minimum atomic E-state index is -3.45. The highest BCUT2D eigenvalue weighted by Gasteiger charge is 2.24. The summed E-state index contributed by atoms with van der Waals surface area (Å²) in [7, 11) is -3.45. The maximum atomic E-state index is 12.5. The first kappa shape index (κ1) is 16.5. The molecule has 0 spiro atoms. The summed E-state index contributed by atoms with van der Waals surface area (Å²) >= 11 is 3.27. The topological polar surface area (TPSA) is 63.4 Å². The molecule has 0 aliphatic carbocycles. The maximum absolute atomic E-state index is 12.5. The van der Waals surface area contributed by atoms with Crippen molar-refractivity contribution in [3.05, 3.63) is 22.7 Å². The van der Waals surface area contributed by atoms with Gasteiger partial charge in [-0.05, 0) is 40.0 Å². The first-order valence-corrected chi connectivity index (χ1v) is 8.61. The number of nitrogen functional groups attached to an aromatic ring is 1. The van der Waals surface area contributed by atoms with Gasteiger partial charge in [0, 0.05) is 23.2 Å². The van der Waals surface area contributed by atoms with Crippen LogP contribution in [0.3, 0.4) is 0 Å². The number of nitrogens with zero attached hydrogens (tertiary/aromatic N) is 1. The minimum Gasteiger partial charge on any atom is -0.398 e. The number of hydrogen-bond donors (Lipinski definition) is 1. The Bertz CT molecular complexity index is 531. The number of halogens is 1. The molecule has 0 heterocycles. The van der Waals surface area contributed by atoms with Crippen molar-refractivity contribution in [1.29, 1.82) is 0 Å². The molecule has 0 amide bonds. The number of nitrogens with two attached hydrogens (primary N) is 1. The summed E-state index contributed by atoms with van der Waals surface area (Å²) in [5.74, 6) is 0.340. The minimum absolute atomic E-state index is 0.277. The van der Waals surface area contributed by atoms with Crippen LogP contribution >= 0.6 is 15.9 Å². The van der Waals surface area contributed by atoms with Crippen LogP contribution in [-0.2, 0) is 10.0 Å². The van der Waals surface area contributed by atoms with Gasteiger partial charge < -0.3 is 5.73 Å². The first-order valence-electron chi connectivity index (χ1n) is 6.38. The Morgan fingerprint density at radius 2 is 2.00 bits per heavy atom. The standard InChI is InChI=1S/C13H21BrN2O2S/c1-4-10(3)9-16(5-2)19(17,18)11-6-7-13(15)12(14)8-11/h6-8,10H,4-5,9,15H2,1-3H3. The van der Waals surface area contributed by atoms with E-state index in [2.05, 4.69) is 29.8 Å². The van der Waals surface area contributed by atoms with Crippen LogP contribution in [0, 0.1) is 5.92 Å². The Morgan fingerprint density at radius 3 is 2.47 bits per heavy atom. The van der Waals surface area contributed by atoms with E-state index in [4.69, 9.17) is 5.73 Å². The highest BCUT2D eigenvalue weighted by molar-refractivity contribution is 9.10. The molecule has 1 unspecified atom stereocenters. The van der Waals surface area contributed by atoms with Crippen LogP contribution in [0.4, 0.5) is 5.69 Å². The van der Waals surface area contributed by atoms with E-state index in [-0.39, 0.29) is 4.90 Å². The van der Waals surface area contributed by atoms with Gasteiger partial charge in [-0.1, -0.05) is 27.2 Å². The van der Waals surface area contributed by atoms with Crippen molar-refractivity contribution in [2.75, 3.05) is 18.8 Å². The molecule has 1 aromatic carbocycles. The molecular formula is C13H21BrN2O2S. The van der Waals surface area contributed by atoms with E-state index in [1.54, 1.807) is 18.2 Å². The number of benzene rings is 1. The van der Waals surface area contributed by atoms with Crippen molar-refractivity contribution in [3.63, 3.8) is 0 Å². The molecule has 0 radical (unpaired) electrons. The maximum Gasteiger partial charge on any atom is 0.243 e. The third kappa shape index (κ3) is 3.94. The fraction of sp³-hybridized carbons (Fsp3) is 0.538. The summed E-state index contributed by atoms with van der Waals surface area (Å²) in [6.45, 7) is 6.97. The molecule has 19 heavy (non-hydrogen) atoms. The molecule has 2 N–H and O–H groups in total. The Balaban J connectivity index is 3.09. The van der Waals surface area contributed by atoms with E-state index in [0.29, 0.717) is 29.2 Å². The Kier molecular flexibility index (Phi) is 5.82. The van der Waals surface area contributed by atoms with Crippen LogP contribution in [0.2, 0.25) is 0 Å². The molecule has 1 atom stereocenters. The number of hydrogen-bond acceptors (Lipinski definition) is 3. The summed E-state index contributed by atoms with van der Waals surface area (Å²) in [6.07, 6.45) is 0.956. The molecule has 1 aromatic rings. The number of rotatable bonds is 6. The first-order chi connectivity index (χ1) is 8.82. The lowest BCUT2D eigenvalue weighted by atomic mass is 10.1. The van der Waals surface area contributed by atoms with Crippen LogP contribution in [0.25, 0.3) is 0 Å². The quantitative estimate of drug-likeness (QED) is 0.803. The summed E-state index contributed by atoms with van der Waals surface area (Å²) in [5.41, 5.74) is 6.22. The van der Waals surface area contributed by atoms with E-state index < -0.39 is 10.0 Å². The Hall–Kier alpha value is -0.590. The Morgan fingerprint density at radius 1 is 1.37 bits per heavy atom. The van der Waals surface area contributed by atoms with Crippen molar-refractivity contribution in [2.45, 2.75) is 32.1 Å². The Labute approximate surface area is 124 Å². The molecule has 4 nitrogen and oxygen atoms in total. The average molecular weight is 349 g/mol. The van der Waals surface area contributed by atoms with Crippen molar-refractivity contribution in [1.82, 2.24) is 4.31 Å². The van der Waals surface area contributed by atoms with E-state index in [1.807, 2.05) is 6.92 Å². The summed E-state index contributed by atoms with van der Waals surface area (Å²) in [5, 5.41) is 0. The normalized spacial score (nSPS) is 13.7. The van der Waals surface area contributed by atoms with Crippen LogP contribution in [-0.4, -0.2) is 25.8 Å². The lowest BCUT2D eigenvalue weighted by Gasteiger charge is -2.23. The van der Waals surface area contributed by atoms with Crippen molar-refractivity contribution < 1.29 is 8.42 Å². The third-order valence-electron chi connectivity index (χ3n) is 3.17. The third-order valence-corrected chi connectivity index (χ3v) is 5.80. The van der Waals surface area contributed by atoms with Crippen LogP contribution < -0.4 is 5.73 Å². The predicted octanol–water partition coefficient (Wildman–Crippen LogP) is 3.09. The van der Waals surface area contributed by atoms with Gasteiger partial charge in [-0.3, -0.25) is 0 Å². The zero-order valence-corrected chi connectivity index (χ0v) is 14.0. The second-order valence-corrected chi connectivity index (χ2v) is 7.44. The molecule has 0 bridgehead atoms. The highest BCUT2D eigenvalue weighted by Crippen LogP contribution is 2.25. The van der Waals surface area contributed by atoms with Gasteiger partial charge in [-0.15, -0.1) is 0 Å². The summed E-state index contributed by atoms with van der Waals surface area (Å²) in [4.78, 5) is 0.277. The van der Waals surface area contributed by atoms with Crippen molar-refractivity contribution in [3.8, 4) is 0 Å². The highest BCUT2D eigenvalue weighted by atomic mass is 79.9. The van der Waals surface area contributed by atoms with E-state index in [1.165, 1.54) is 4.31 Å². The molecule has 0 fully saturated rings. The molecule has 108 valence electrons. The number of sulfonamides is 1. The van der Waals surface area contributed by atoms with Gasteiger partial charge in [0.2, 0.25) is 10.0 Å². The van der Waals surface area contributed by atoms with Crippen molar-refractivity contribution in [2.24, 2.45) is 5.92 Å². The molecule has 0 aliphatic rings. The molecule has 0 aliphatic heterocycles. The summed E-state index contributed by atoms with van der Waals surface area (Å²) < 4.78 is 27.2. The van der Waals surface area contributed by atoms with Gasteiger partial charge in [0.05, 0.1) is 4.90 Å². The zero-order valence-electron chi connectivity index (χ0n) is 11.6. The molecule has 6 heteroatoms. The zero-order chi connectivity index (χ0) is 14.6. The smallest absolute Gasteiger partial charge is 0.243 e. The van der Waals surface area contributed by atoms with Crippen LogP contribution in [0.15, 0.2) is 27.6 Å². The van der Waals surface area contributed by atoms with Gasteiger partial charge in [0.15, 0.2) is 0 Å². The lowest BCUT2D eigenvalue weighted by Crippen LogP contribution is -2.34. The van der Waals surface area contributed by atoms with Gasteiger partial charge in [0.25, 0.3) is 0 Å². The van der Waals surface area contributed by atoms with Gasteiger partial charge >= 0.3 is 0 Å². The molecule has 1 rings (SSSR count). The predicted molar refractivity (Wildman–Crippen MR) is 82.4 cm³/mol. The molecule has 0 saturated heterocycles. The van der Waals surface area contributed by atoms with E-state index >= 15 is 0 Å². The fourth-order valence-corrected chi connectivity index (χ4v) is 3.82.